The summed E-state index contributed by atoms with van der Waals surface area (Å²) in [4.78, 5) is 20.2. The zero-order chi connectivity index (χ0) is 11.1. The smallest absolute Gasteiger partial charge is 0.323 e. The molecular weight excluding hydrogens is 208 g/mol. The van der Waals surface area contributed by atoms with Crippen LogP contribution in [0.3, 0.4) is 0 Å². The van der Waals surface area contributed by atoms with Crippen LogP contribution < -0.4 is 11.4 Å². The highest BCUT2D eigenvalue weighted by atomic mass is 16.4. The lowest BCUT2D eigenvalue weighted by atomic mass is 10.1. The fourth-order valence-corrected chi connectivity index (χ4v) is 1.61. The van der Waals surface area contributed by atoms with Gasteiger partial charge in [0.05, 0.1) is 17.2 Å². The van der Waals surface area contributed by atoms with Gasteiger partial charge in [-0.15, -0.1) is 0 Å². The molecule has 3 aromatic rings. The number of fused-ring (bicyclic) bond motifs is 1. The first-order valence-electron chi connectivity index (χ1n) is 4.66. The third kappa shape index (κ3) is 1.28. The summed E-state index contributed by atoms with van der Waals surface area (Å²) in [5.74, 6) is 0.571. The van der Waals surface area contributed by atoms with E-state index >= 15 is 0 Å². The van der Waals surface area contributed by atoms with Gasteiger partial charge in [0.15, 0.2) is 5.76 Å². The maximum atomic E-state index is 11.1. The fourth-order valence-electron chi connectivity index (χ4n) is 1.61. The minimum absolute atomic E-state index is 0.123. The Kier molecular flexibility index (Phi) is 1.64. The largest absolute Gasteiger partial charge is 0.424 e. The number of nitrogens with zero attached hydrogens (tertiary/aromatic N) is 1. The number of nitrogens with two attached hydrogens (primary N) is 1. The number of anilines is 1. The van der Waals surface area contributed by atoms with Gasteiger partial charge >= 0.3 is 5.69 Å². The first kappa shape index (κ1) is 8.78. The number of aromatic nitrogens is 3. The highest BCUT2D eigenvalue weighted by molar-refractivity contribution is 5.80. The van der Waals surface area contributed by atoms with Gasteiger partial charge in [-0.1, -0.05) is 0 Å². The van der Waals surface area contributed by atoms with Gasteiger partial charge in [0.2, 0.25) is 0 Å². The number of nitrogens with one attached hydrogen (secondary N) is 2. The number of oxazole rings is 1. The summed E-state index contributed by atoms with van der Waals surface area (Å²) in [5.41, 5.74) is 7.44. The number of benzene rings is 1. The first-order chi connectivity index (χ1) is 7.72. The van der Waals surface area contributed by atoms with Crippen LogP contribution in [0.2, 0.25) is 0 Å². The molecule has 0 aliphatic rings. The number of imidazole rings is 1. The van der Waals surface area contributed by atoms with E-state index in [1.165, 1.54) is 0 Å². The molecule has 0 unspecified atom stereocenters. The monoisotopic (exact) mass is 216 g/mol. The van der Waals surface area contributed by atoms with Crippen LogP contribution in [-0.4, -0.2) is 15.0 Å². The molecular formula is C10H8N4O2. The van der Waals surface area contributed by atoms with Crippen LogP contribution in [0, 0.1) is 0 Å². The molecule has 6 heteroatoms. The maximum Gasteiger partial charge on any atom is 0.323 e. The van der Waals surface area contributed by atoms with E-state index in [9.17, 15) is 4.79 Å². The maximum absolute atomic E-state index is 11.1. The predicted octanol–water partition coefficient (Wildman–Crippen LogP) is 1.09. The highest BCUT2D eigenvalue weighted by Crippen LogP contribution is 2.23. The van der Waals surface area contributed by atoms with Crippen LogP contribution in [0.4, 0.5) is 6.01 Å². The molecule has 2 aromatic heterocycles. The summed E-state index contributed by atoms with van der Waals surface area (Å²) < 4.78 is 5.19. The number of aromatic amines is 2. The molecule has 0 radical (unpaired) electrons. The Morgan fingerprint density at radius 2 is 2.06 bits per heavy atom. The van der Waals surface area contributed by atoms with Crippen LogP contribution in [0.5, 0.6) is 0 Å². The van der Waals surface area contributed by atoms with Gasteiger partial charge in [-0.3, -0.25) is 0 Å². The summed E-state index contributed by atoms with van der Waals surface area (Å²) in [6.07, 6.45) is 1.54. The second-order valence-corrected chi connectivity index (χ2v) is 3.40. The molecule has 16 heavy (non-hydrogen) atoms. The quantitative estimate of drug-likeness (QED) is 0.566. The number of hydrogen-bond acceptors (Lipinski definition) is 4. The van der Waals surface area contributed by atoms with Gasteiger partial charge in [-0.25, -0.2) is 9.78 Å². The van der Waals surface area contributed by atoms with Gasteiger partial charge in [-0.05, 0) is 18.2 Å². The van der Waals surface area contributed by atoms with Crippen molar-refractivity contribution in [1.29, 1.82) is 0 Å². The lowest BCUT2D eigenvalue weighted by Crippen LogP contribution is -1.99. The molecule has 0 bridgehead atoms. The molecule has 1 aromatic carbocycles. The predicted molar refractivity (Wildman–Crippen MR) is 58.8 cm³/mol. The molecule has 0 spiro atoms. The molecule has 0 aliphatic heterocycles. The van der Waals surface area contributed by atoms with E-state index in [4.69, 9.17) is 10.2 Å². The Hall–Kier alpha value is -2.50. The van der Waals surface area contributed by atoms with Crippen LogP contribution in [0.15, 0.2) is 33.6 Å². The Morgan fingerprint density at radius 1 is 1.25 bits per heavy atom. The Labute approximate surface area is 89.1 Å². The highest BCUT2D eigenvalue weighted by Gasteiger charge is 2.06. The van der Waals surface area contributed by atoms with Crippen molar-refractivity contribution in [3.05, 3.63) is 34.9 Å². The molecule has 0 saturated carbocycles. The Balaban J connectivity index is 2.21. The standard InChI is InChI=1S/C10H8N4O2/c11-9-12-4-8(16-9)5-1-2-6-7(3-5)14-10(15)13-6/h1-4H,(H2,11,12)(H2,13,14,15). The molecule has 6 nitrogen and oxygen atoms in total. The normalized spacial score (nSPS) is 11.0. The zero-order valence-electron chi connectivity index (χ0n) is 8.15. The van der Waals surface area contributed by atoms with Crippen LogP contribution >= 0.6 is 0 Å². The summed E-state index contributed by atoms with van der Waals surface area (Å²) in [6.45, 7) is 0. The van der Waals surface area contributed by atoms with Gasteiger partial charge in [0.1, 0.15) is 0 Å². The average Bonchev–Trinajstić information content (AvgIpc) is 2.81. The zero-order valence-corrected chi connectivity index (χ0v) is 8.15. The SMILES string of the molecule is Nc1ncc(-c2ccc3[nH]c(=O)[nH]c3c2)o1. The molecule has 0 fully saturated rings. The molecule has 4 N–H and O–H groups in total. The van der Waals surface area contributed by atoms with Gasteiger partial charge in [0, 0.05) is 5.56 Å². The summed E-state index contributed by atoms with van der Waals surface area (Å²) in [6, 6.07) is 5.54. The third-order valence-corrected chi connectivity index (χ3v) is 2.32. The van der Waals surface area contributed by atoms with E-state index in [2.05, 4.69) is 15.0 Å². The van der Waals surface area contributed by atoms with Crippen LogP contribution in [0.1, 0.15) is 0 Å². The Morgan fingerprint density at radius 3 is 2.81 bits per heavy atom. The number of hydrogen-bond donors (Lipinski definition) is 3. The lowest BCUT2D eigenvalue weighted by Gasteiger charge is -1.95. The van der Waals surface area contributed by atoms with E-state index in [0.29, 0.717) is 5.76 Å². The van der Waals surface area contributed by atoms with E-state index in [1.54, 1.807) is 18.3 Å². The average molecular weight is 216 g/mol. The molecule has 2 heterocycles. The minimum Gasteiger partial charge on any atom is -0.424 e. The topological polar surface area (TPSA) is 101 Å². The van der Waals surface area contributed by atoms with Crippen molar-refractivity contribution in [2.75, 3.05) is 5.73 Å². The van der Waals surface area contributed by atoms with Crippen molar-refractivity contribution in [3.63, 3.8) is 0 Å². The lowest BCUT2D eigenvalue weighted by molar-refractivity contribution is 0.595. The molecule has 0 saturated heterocycles. The van der Waals surface area contributed by atoms with E-state index in [-0.39, 0.29) is 11.7 Å². The second-order valence-electron chi connectivity index (χ2n) is 3.40. The van der Waals surface area contributed by atoms with Crippen molar-refractivity contribution in [3.8, 4) is 11.3 Å². The van der Waals surface area contributed by atoms with Gasteiger partial charge in [-0.2, -0.15) is 0 Å². The van der Waals surface area contributed by atoms with Crippen molar-refractivity contribution < 1.29 is 4.42 Å². The minimum atomic E-state index is -0.232. The molecule has 0 aliphatic carbocycles. The van der Waals surface area contributed by atoms with Gasteiger partial charge < -0.3 is 20.1 Å². The first-order valence-corrected chi connectivity index (χ1v) is 4.66. The summed E-state index contributed by atoms with van der Waals surface area (Å²) in [7, 11) is 0. The van der Waals surface area contributed by atoms with Crippen molar-refractivity contribution in [2.24, 2.45) is 0 Å². The van der Waals surface area contributed by atoms with Crippen molar-refractivity contribution in [2.45, 2.75) is 0 Å². The van der Waals surface area contributed by atoms with Crippen LogP contribution in [-0.2, 0) is 0 Å². The van der Waals surface area contributed by atoms with Crippen LogP contribution in [0.25, 0.3) is 22.4 Å². The molecule has 80 valence electrons. The van der Waals surface area contributed by atoms with E-state index in [1.807, 2.05) is 6.07 Å². The van der Waals surface area contributed by atoms with Gasteiger partial charge in [0.25, 0.3) is 6.01 Å². The number of H-pyrrole nitrogens is 2. The van der Waals surface area contributed by atoms with E-state index in [0.717, 1.165) is 16.6 Å². The van der Waals surface area contributed by atoms with Crippen molar-refractivity contribution >= 4 is 17.0 Å². The summed E-state index contributed by atoms with van der Waals surface area (Å²) >= 11 is 0. The Bertz CT molecular complexity index is 707. The fraction of sp³-hybridized carbons (Fsp3) is 0. The number of nitrogen functional groups attached to an aromatic ring is 1. The summed E-state index contributed by atoms with van der Waals surface area (Å²) in [5, 5.41) is 0. The molecule has 0 amide bonds. The third-order valence-electron chi connectivity index (χ3n) is 2.32. The molecule has 3 rings (SSSR count). The van der Waals surface area contributed by atoms with Crippen molar-refractivity contribution in [1.82, 2.24) is 15.0 Å². The molecule has 0 atom stereocenters. The number of rotatable bonds is 1. The second kappa shape index (κ2) is 2.99. The van der Waals surface area contributed by atoms with E-state index < -0.39 is 0 Å².